The van der Waals surface area contributed by atoms with Crippen molar-refractivity contribution in [2.75, 3.05) is 18.4 Å². The number of aromatic nitrogens is 1. The molecular weight excluding hydrogens is 276 g/mol. The molecule has 22 heavy (non-hydrogen) atoms. The second-order valence-corrected chi connectivity index (χ2v) is 5.51. The van der Waals surface area contributed by atoms with Gasteiger partial charge in [-0.1, -0.05) is 25.1 Å². The van der Waals surface area contributed by atoms with Crippen LogP contribution in [0.5, 0.6) is 0 Å². The van der Waals surface area contributed by atoms with Crippen LogP contribution in [-0.4, -0.2) is 34.9 Å². The second-order valence-electron chi connectivity index (χ2n) is 5.51. The number of nitrogens with zero attached hydrogens (tertiary/aromatic N) is 3. The molecule has 0 saturated carbocycles. The van der Waals surface area contributed by atoms with Crippen LogP contribution in [0.2, 0.25) is 0 Å². The van der Waals surface area contributed by atoms with Gasteiger partial charge in [-0.2, -0.15) is 5.26 Å². The first-order chi connectivity index (χ1) is 10.7. The minimum atomic E-state index is 0.196. The maximum absolute atomic E-state index is 11.8. The predicted octanol–water partition coefficient (Wildman–Crippen LogP) is 2.53. The van der Waals surface area contributed by atoms with Crippen molar-refractivity contribution in [3.8, 4) is 6.07 Å². The second kappa shape index (κ2) is 6.02. The van der Waals surface area contributed by atoms with Gasteiger partial charge in [0.25, 0.3) is 0 Å². The molecule has 1 amide bonds. The highest BCUT2D eigenvalue weighted by atomic mass is 16.2. The van der Waals surface area contributed by atoms with Crippen molar-refractivity contribution in [2.45, 2.75) is 25.8 Å². The molecule has 112 valence electrons. The number of benzene rings is 1. The van der Waals surface area contributed by atoms with Crippen LogP contribution in [0.3, 0.4) is 0 Å². The molecule has 1 fully saturated rings. The summed E-state index contributed by atoms with van der Waals surface area (Å²) in [6.07, 6.45) is 1.47. The van der Waals surface area contributed by atoms with E-state index >= 15 is 0 Å². The summed E-state index contributed by atoms with van der Waals surface area (Å²) in [6.45, 7) is 3.39. The quantitative estimate of drug-likeness (QED) is 0.944. The maximum atomic E-state index is 11.8. The van der Waals surface area contributed by atoms with Gasteiger partial charge in [0, 0.05) is 36.6 Å². The number of likely N-dealkylation sites (tertiary alicyclic amines) is 1. The summed E-state index contributed by atoms with van der Waals surface area (Å²) in [5.41, 5.74) is 2.13. The number of carbonyl (C=O) groups excluding carboxylic acids is 1. The van der Waals surface area contributed by atoms with Crippen LogP contribution in [0.1, 0.15) is 25.5 Å². The molecule has 0 bridgehead atoms. The summed E-state index contributed by atoms with van der Waals surface area (Å²) in [4.78, 5) is 18.0. The van der Waals surface area contributed by atoms with E-state index in [9.17, 15) is 4.79 Å². The topological polar surface area (TPSA) is 69.0 Å². The molecule has 5 heteroatoms. The highest BCUT2D eigenvalue weighted by Crippen LogP contribution is 2.25. The lowest BCUT2D eigenvalue weighted by Crippen LogP contribution is -2.31. The molecule has 3 rings (SSSR count). The minimum Gasteiger partial charge on any atom is -0.380 e. The van der Waals surface area contributed by atoms with Crippen LogP contribution in [0.15, 0.2) is 30.3 Å². The predicted molar refractivity (Wildman–Crippen MR) is 85.4 cm³/mol. The molecule has 1 aliphatic rings. The van der Waals surface area contributed by atoms with Crippen molar-refractivity contribution in [3.63, 3.8) is 0 Å². The summed E-state index contributed by atoms with van der Waals surface area (Å²) < 4.78 is 0. The number of hydrogen-bond acceptors (Lipinski definition) is 4. The Hall–Kier alpha value is -2.61. The number of nitrogens with one attached hydrogen (secondary N) is 1. The number of nitriles is 1. The van der Waals surface area contributed by atoms with Gasteiger partial charge in [-0.05, 0) is 18.6 Å². The molecule has 1 aromatic heterocycles. The van der Waals surface area contributed by atoms with E-state index in [2.05, 4.69) is 16.4 Å². The zero-order valence-corrected chi connectivity index (χ0v) is 12.5. The molecule has 1 saturated heterocycles. The highest BCUT2D eigenvalue weighted by molar-refractivity contribution is 5.92. The van der Waals surface area contributed by atoms with Gasteiger partial charge >= 0.3 is 0 Å². The molecule has 1 N–H and O–H groups in total. The number of fused-ring (bicyclic) bond motifs is 1. The first kappa shape index (κ1) is 14.3. The fourth-order valence-electron chi connectivity index (χ4n) is 2.90. The third kappa shape index (κ3) is 2.73. The van der Waals surface area contributed by atoms with Gasteiger partial charge in [0.05, 0.1) is 5.52 Å². The number of hydrogen-bond donors (Lipinski definition) is 1. The Morgan fingerprint density at radius 1 is 1.50 bits per heavy atom. The molecule has 0 radical (unpaired) electrons. The lowest BCUT2D eigenvalue weighted by atomic mass is 10.1. The largest absolute Gasteiger partial charge is 0.380 e. The average molecular weight is 294 g/mol. The first-order valence-electron chi connectivity index (χ1n) is 7.55. The molecular formula is C17H18N4O. The molecule has 1 atom stereocenters. The summed E-state index contributed by atoms with van der Waals surface area (Å²) in [5, 5.41) is 13.6. The molecule has 5 nitrogen and oxygen atoms in total. The zero-order chi connectivity index (χ0) is 15.5. The van der Waals surface area contributed by atoms with Gasteiger partial charge in [-0.25, -0.2) is 4.98 Å². The van der Waals surface area contributed by atoms with Gasteiger partial charge in [0.15, 0.2) is 0 Å². The van der Waals surface area contributed by atoms with E-state index in [0.717, 1.165) is 29.6 Å². The van der Waals surface area contributed by atoms with E-state index in [1.807, 2.05) is 36.1 Å². The minimum absolute atomic E-state index is 0.196. The number of rotatable bonds is 3. The standard InChI is InChI=1S/C17H18N4O/c1-2-17(22)21-8-7-12(11-21)19-16-9-13(10-18)20-15-6-4-3-5-14(15)16/h3-6,9,12H,2,7-8,11H2,1H3,(H,19,20). The van der Waals surface area contributed by atoms with Gasteiger partial charge < -0.3 is 10.2 Å². The van der Waals surface area contributed by atoms with E-state index in [1.165, 1.54) is 0 Å². The third-order valence-corrected chi connectivity index (χ3v) is 4.03. The van der Waals surface area contributed by atoms with Crippen molar-refractivity contribution in [1.29, 1.82) is 5.26 Å². The lowest BCUT2D eigenvalue weighted by molar-refractivity contribution is -0.129. The van der Waals surface area contributed by atoms with Crippen LogP contribution < -0.4 is 5.32 Å². The summed E-state index contributed by atoms with van der Waals surface area (Å²) in [5.74, 6) is 0.196. The number of amides is 1. The Morgan fingerprint density at radius 2 is 2.32 bits per heavy atom. The number of pyridine rings is 1. The van der Waals surface area contributed by atoms with E-state index in [1.54, 1.807) is 6.07 Å². The normalized spacial score (nSPS) is 17.5. The van der Waals surface area contributed by atoms with Crippen LogP contribution in [-0.2, 0) is 4.79 Å². The van der Waals surface area contributed by atoms with Gasteiger partial charge in [0.1, 0.15) is 11.8 Å². The molecule has 1 aromatic carbocycles. The van der Waals surface area contributed by atoms with E-state index < -0.39 is 0 Å². The first-order valence-corrected chi connectivity index (χ1v) is 7.55. The van der Waals surface area contributed by atoms with E-state index in [4.69, 9.17) is 5.26 Å². The number of carbonyl (C=O) groups is 1. The molecule has 0 spiro atoms. The van der Waals surface area contributed by atoms with E-state index in [-0.39, 0.29) is 11.9 Å². The van der Waals surface area contributed by atoms with Crippen LogP contribution in [0.25, 0.3) is 10.9 Å². The third-order valence-electron chi connectivity index (χ3n) is 4.03. The fourth-order valence-corrected chi connectivity index (χ4v) is 2.90. The van der Waals surface area contributed by atoms with Gasteiger partial charge in [-0.15, -0.1) is 0 Å². The molecule has 2 aromatic rings. The Morgan fingerprint density at radius 3 is 3.09 bits per heavy atom. The number of anilines is 1. The average Bonchev–Trinajstić information content (AvgIpc) is 3.02. The summed E-state index contributed by atoms with van der Waals surface area (Å²) >= 11 is 0. The van der Waals surface area contributed by atoms with Crippen molar-refractivity contribution in [2.24, 2.45) is 0 Å². The van der Waals surface area contributed by atoms with Crippen molar-refractivity contribution < 1.29 is 4.79 Å². The van der Waals surface area contributed by atoms with Crippen LogP contribution >= 0.6 is 0 Å². The number of para-hydroxylation sites is 1. The van der Waals surface area contributed by atoms with Gasteiger partial charge in [0.2, 0.25) is 5.91 Å². The Kier molecular flexibility index (Phi) is 3.92. The van der Waals surface area contributed by atoms with Gasteiger partial charge in [-0.3, -0.25) is 4.79 Å². The molecule has 1 aliphatic heterocycles. The smallest absolute Gasteiger partial charge is 0.222 e. The molecule has 0 aliphatic carbocycles. The van der Waals surface area contributed by atoms with Crippen LogP contribution in [0, 0.1) is 11.3 Å². The van der Waals surface area contributed by atoms with Crippen molar-refractivity contribution in [1.82, 2.24) is 9.88 Å². The summed E-state index contributed by atoms with van der Waals surface area (Å²) in [6, 6.07) is 11.9. The highest BCUT2D eigenvalue weighted by Gasteiger charge is 2.25. The summed E-state index contributed by atoms with van der Waals surface area (Å²) in [7, 11) is 0. The Balaban J connectivity index is 1.85. The fraction of sp³-hybridized carbons (Fsp3) is 0.353. The Bertz CT molecular complexity index is 750. The lowest BCUT2D eigenvalue weighted by Gasteiger charge is -2.18. The van der Waals surface area contributed by atoms with Crippen molar-refractivity contribution in [3.05, 3.63) is 36.0 Å². The Labute approximate surface area is 129 Å². The molecule has 2 heterocycles. The van der Waals surface area contributed by atoms with Crippen LogP contribution in [0.4, 0.5) is 5.69 Å². The SMILES string of the molecule is CCC(=O)N1CCC(Nc2cc(C#N)nc3ccccc23)C1. The van der Waals surface area contributed by atoms with E-state index in [0.29, 0.717) is 18.7 Å². The zero-order valence-electron chi connectivity index (χ0n) is 12.5. The monoisotopic (exact) mass is 294 g/mol. The van der Waals surface area contributed by atoms with Crippen molar-refractivity contribution >= 4 is 22.5 Å². The molecule has 1 unspecified atom stereocenters. The maximum Gasteiger partial charge on any atom is 0.222 e.